The summed E-state index contributed by atoms with van der Waals surface area (Å²) in [6.45, 7) is 3.06. The van der Waals surface area contributed by atoms with Gasteiger partial charge in [-0.2, -0.15) is 0 Å². The molecule has 63 heavy (non-hydrogen) atoms. The Labute approximate surface area is 376 Å². The van der Waals surface area contributed by atoms with E-state index in [2.05, 4.69) is 54.8 Å². The highest BCUT2D eigenvalue weighted by molar-refractivity contribution is 7.47. The summed E-state index contributed by atoms with van der Waals surface area (Å²) < 4.78 is 49.3. The maximum Gasteiger partial charge on any atom is 0.472 e. The molecule has 0 bridgehead atoms. The summed E-state index contributed by atoms with van der Waals surface area (Å²) >= 11 is 0. The average molecular weight is 941 g/mol. The van der Waals surface area contributed by atoms with Crippen molar-refractivity contribution in [1.29, 1.82) is 0 Å². The Morgan fingerprint density at radius 3 is 1.43 bits per heavy atom. The third-order valence-corrected chi connectivity index (χ3v) is 12.2. The van der Waals surface area contributed by atoms with Crippen LogP contribution in [0.3, 0.4) is 0 Å². The molecule has 18 heteroatoms. The second-order valence-corrected chi connectivity index (χ2v) is 19.1. The van der Waals surface area contributed by atoms with Crippen LogP contribution in [0.25, 0.3) is 0 Å². The maximum absolute atomic E-state index is 13.0. The molecule has 0 aromatic carbocycles. The third kappa shape index (κ3) is 30.9. The minimum atomic E-state index is -5.36. The van der Waals surface area contributed by atoms with Crippen molar-refractivity contribution in [2.45, 2.75) is 224 Å². The number of aliphatic hydroxyl groups excluding tert-OH is 4. The van der Waals surface area contributed by atoms with Crippen LogP contribution in [0.15, 0.2) is 36.5 Å². The standard InChI is InChI=1S/C45H82O16P2/c1-3-5-7-9-11-13-15-17-18-19-20-22-23-25-27-29-31-33-38(46)57-35-37(59-39(47)34-32-30-28-26-24-21-16-14-12-10-8-6-4-2)36-58-63(55,56)61-45-42(50)40(48)41(49)44(43(45)51)60-62(52,53)54/h11,13,17-18,20,22,37,40-45,48-51H,3-10,12,14-16,19,21,23-36H2,1-2H3,(H,55,56)(H2,52,53,54)/b13-11-,18-17-,22-20-/t37-,40?,41?,42?,43?,44-,45+/m1/s1. The summed E-state index contributed by atoms with van der Waals surface area (Å²) in [6.07, 6.45) is 23.9. The number of phosphoric acid groups is 2. The van der Waals surface area contributed by atoms with E-state index in [9.17, 15) is 44.0 Å². The van der Waals surface area contributed by atoms with Crippen LogP contribution in [0.4, 0.5) is 0 Å². The van der Waals surface area contributed by atoms with E-state index in [0.29, 0.717) is 12.8 Å². The van der Waals surface area contributed by atoms with Crippen LogP contribution in [0, 0.1) is 0 Å². The van der Waals surface area contributed by atoms with Crippen molar-refractivity contribution < 1.29 is 76.9 Å². The molecule has 1 saturated carbocycles. The van der Waals surface area contributed by atoms with Gasteiger partial charge in [-0.1, -0.05) is 153 Å². The molecule has 0 amide bonds. The van der Waals surface area contributed by atoms with Gasteiger partial charge in [0.25, 0.3) is 0 Å². The molecular weight excluding hydrogens is 858 g/mol. The monoisotopic (exact) mass is 941 g/mol. The highest BCUT2D eigenvalue weighted by Gasteiger charge is 2.54. The van der Waals surface area contributed by atoms with Gasteiger partial charge in [-0.05, 0) is 51.4 Å². The second-order valence-electron chi connectivity index (χ2n) is 16.5. The number of ether oxygens (including phenoxy) is 2. The first-order valence-electron chi connectivity index (χ1n) is 23.5. The predicted molar refractivity (Wildman–Crippen MR) is 241 cm³/mol. The Bertz CT molecular complexity index is 1370. The van der Waals surface area contributed by atoms with Crippen molar-refractivity contribution in [3.05, 3.63) is 36.5 Å². The first kappa shape index (κ1) is 59.2. The molecule has 0 aromatic heterocycles. The van der Waals surface area contributed by atoms with Crippen LogP contribution < -0.4 is 0 Å². The molecule has 1 rings (SSSR count). The summed E-state index contributed by atoms with van der Waals surface area (Å²) in [4.78, 5) is 54.2. The number of esters is 2. The van der Waals surface area contributed by atoms with Crippen LogP contribution in [0.2, 0.25) is 0 Å². The van der Waals surface area contributed by atoms with Gasteiger partial charge in [0.15, 0.2) is 6.10 Å². The molecule has 1 aliphatic rings. The molecule has 8 atom stereocenters. The van der Waals surface area contributed by atoms with Crippen molar-refractivity contribution in [2.75, 3.05) is 13.2 Å². The SMILES string of the molecule is CCCCC/C=C\C/C=C\C/C=C\CCCCCCC(=O)OC[C@H](COP(=O)(O)O[C@H]1C(O)C(O)C(O)[C@@H](OP(=O)(O)O)C1O)OC(=O)CCCCCCCCCCCCCCC. The predicted octanol–water partition coefficient (Wildman–Crippen LogP) is 8.73. The first-order valence-corrected chi connectivity index (χ1v) is 26.6. The molecular formula is C45H82O16P2. The normalized spacial score (nSPS) is 22.2. The van der Waals surface area contributed by atoms with Gasteiger partial charge in [0.2, 0.25) is 0 Å². The Morgan fingerprint density at radius 2 is 0.921 bits per heavy atom. The number of hydrogen-bond donors (Lipinski definition) is 7. The summed E-state index contributed by atoms with van der Waals surface area (Å²) in [5.74, 6) is -1.23. The zero-order valence-electron chi connectivity index (χ0n) is 38.0. The molecule has 1 fully saturated rings. The van der Waals surface area contributed by atoms with Gasteiger partial charge in [0.05, 0.1) is 6.61 Å². The van der Waals surface area contributed by atoms with Crippen molar-refractivity contribution in [1.82, 2.24) is 0 Å². The van der Waals surface area contributed by atoms with Gasteiger partial charge in [-0.3, -0.25) is 23.2 Å². The fourth-order valence-electron chi connectivity index (χ4n) is 7.03. The number of unbranched alkanes of at least 4 members (excludes halogenated alkanes) is 19. The van der Waals surface area contributed by atoms with Crippen LogP contribution >= 0.6 is 15.6 Å². The van der Waals surface area contributed by atoms with Crippen molar-refractivity contribution in [3.63, 3.8) is 0 Å². The summed E-state index contributed by atoms with van der Waals surface area (Å²) in [6, 6.07) is 0. The van der Waals surface area contributed by atoms with Crippen LogP contribution in [0.5, 0.6) is 0 Å². The van der Waals surface area contributed by atoms with E-state index in [-0.39, 0.29) is 12.8 Å². The first-order chi connectivity index (χ1) is 30.1. The third-order valence-electron chi connectivity index (χ3n) is 10.7. The van der Waals surface area contributed by atoms with Gasteiger partial charge < -0.3 is 44.6 Å². The molecule has 0 radical (unpaired) electrons. The lowest BCUT2D eigenvalue weighted by molar-refractivity contribution is -0.216. The van der Waals surface area contributed by atoms with Crippen LogP contribution in [0.1, 0.15) is 181 Å². The lowest BCUT2D eigenvalue weighted by atomic mass is 9.85. The topological polar surface area (TPSA) is 256 Å². The number of aliphatic hydroxyl groups is 4. The fourth-order valence-corrected chi connectivity index (χ4v) is 8.57. The minimum Gasteiger partial charge on any atom is -0.462 e. The van der Waals surface area contributed by atoms with E-state index in [0.717, 1.165) is 70.6 Å². The lowest BCUT2D eigenvalue weighted by Crippen LogP contribution is -2.64. The van der Waals surface area contributed by atoms with Crippen molar-refractivity contribution in [3.8, 4) is 0 Å². The Morgan fingerprint density at radius 1 is 0.508 bits per heavy atom. The average Bonchev–Trinajstić information content (AvgIpc) is 3.23. The number of allylic oxidation sites excluding steroid dienone is 6. The molecule has 0 aromatic rings. The van der Waals surface area contributed by atoms with E-state index in [1.165, 1.54) is 70.6 Å². The molecule has 5 unspecified atom stereocenters. The number of phosphoric ester groups is 2. The van der Waals surface area contributed by atoms with E-state index in [1.54, 1.807) is 0 Å². The van der Waals surface area contributed by atoms with Gasteiger partial charge >= 0.3 is 27.6 Å². The molecule has 16 nitrogen and oxygen atoms in total. The van der Waals surface area contributed by atoms with Gasteiger partial charge in [-0.25, -0.2) is 9.13 Å². The second kappa shape index (κ2) is 36.4. The molecule has 0 heterocycles. The number of carbonyl (C=O) groups is 2. The Balaban J connectivity index is 2.61. The lowest BCUT2D eigenvalue weighted by Gasteiger charge is -2.43. The maximum atomic E-state index is 13.0. The molecule has 0 saturated heterocycles. The zero-order chi connectivity index (χ0) is 46.8. The summed E-state index contributed by atoms with van der Waals surface area (Å²) in [5.41, 5.74) is 0. The number of hydrogen-bond acceptors (Lipinski definition) is 13. The molecule has 7 N–H and O–H groups in total. The number of carbonyl (C=O) groups excluding carboxylic acids is 2. The smallest absolute Gasteiger partial charge is 0.462 e. The van der Waals surface area contributed by atoms with Crippen molar-refractivity contribution >= 4 is 27.6 Å². The highest BCUT2D eigenvalue weighted by Crippen LogP contribution is 2.49. The zero-order valence-corrected chi connectivity index (χ0v) is 39.8. The van der Waals surface area contributed by atoms with Crippen molar-refractivity contribution in [2.24, 2.45) is 0 Å². The van der Waals surface area contributed by atoms with E-state index >= 15 is 0 Å². The van der Waals surface area contributed by atoms with E-state index in [4.69, 9.17) is 28.3 Å². The number of rotatable bonds is 39. The minimum absolute atomic E-state index is 0.0415. The van der Waals surface area contributed by atoms with Crippen LogP contribution in [-0.2, 0) is 41.8 Å². The van der Waals surface area contributed by atoms with Gasteiger partial charge in [-0.15, -0.1) is 0 Å². The van der Waals surface area contributed by atoms with Gasteiger partial charge in [0, 0.05) is 12.8 Å². The Hall–Kier alpha value is -1.78. The largest absolute Gasteiger partial charge is 0.472 e. The summed E-state index contributed by atoms with van der Waals surface area (Å²) in [5, 5.41) is 41.2. The van der Waals surface area contributed by atoms with Crippen LogP contribution in [-0.4, -0.2) is 103 Å². The van der Waals surface area contributed by atoms with E-state index < -0.39 is 83.5 Å². The van der Waals surface area contributed by atoms with E-state index in [1.807, 2.05) is 0 Å². The quantitative estimate of drug-likeness (QED) is 0.0132. The van der Waals surface area contributed by atoms with Gasteiger partial charge in [0.1, 0.15) is 43.2 Å². The molecule has 368 valence electrons. The molecule has 0 aliphatic heterocycles. The molecule has 1 aliphatic carbocycles. The Kier molecular flexibility index (Phi) is 34.2. The summed E-state index contributed by atoms with van der Waals surface area (Å²) in [7, 11) is -10.7. The highest BCUT2D eigenvalue weighted by atomic mass is 31.2. The molecule has 0 spiro atoms. The fraction of sp³-hybridized carbons (Fsp3) is 0.822.